The topological polar surface area (TPSA) is 62.5 Å². The van der Waals surface area contributed by atoms with Gasteiger partial charge < -0.3 is 10.6 Å². The average molecular weight is 295 g/mol. The Morgan fingerprint density at radius 1 is 1.35 bits per heavy atom. The van der Waals surface area contributed by atoms with Crippen LogP contribution in [0.15, 0.2) is 12.1 Å². The summed E-state index contributed by atoms with van der Waals surface area (Å²) in [5.41, 5.74) is 5.93. The van der Waals surface area contributed by atoms with Crippen LogP contribution in [0.25, 0.3) is 0 Å². The zero-order valence-corrected chi connectivity index (χ0v) is 12.3. The maximum absolute atomic E-state index is 12.6. The summed E-state index contributed by atoms with van der Waals surface area (Å²) < 4.78 is 0. The lowest BCUT2D eigenvalue weighted by atomic mass is 10.1. The number of likely N-dealkylation sites (tertiary alicyclic amines) is 1. The SMILES string of the molecule is CN1C2CCC1CN(C(=O)c1nc(N)ccc1Cl)CC2. The molecule has 1 amide bonds. The van der Waals surface area contributed by atoms with Crippen molar-refractivity contribution in [1.29, 1.82) is 0 Å². The van der Waals surface area contributed by atoms with Crippen molar-refractivity contribution in [3.8, 4) is 0 Å². The Hall–Kier alpha value is -1.33. The van der Waals surface area contributed by atoms with E-state index in [0.29, 0.717) is 22.9 Å². The number of rotatable bonds is 1. The summed E-state index contributed by atoms with van der Waals surface area (Å²) in [5.74, 6) is 0.217. The summed E-state index contributed by atoms with van der Waals surface area (Å²) >= 11 is 6.08. The van der Waals surface area contributed by atoms with Crippen molar-refractivity contribution in [2.45, 2.75) is 31.3 Å². The summed E-state index contributed by atoms with van der Waals surface area (Å²) in [6, 6.07) is 4.29. The first-order valence-corrected chi connectivity index (χ1v) is 7.37. The Morgan fingerprint density at radius 3 is 2.90 bits per heavy atom. The molecule has 2 saturated heterocycles. The highest BCUT2D eigenvalue weighted by Crippen LogP contribution is 2.29. The maximum atomic E-state index is 12.6. The molecule has 3 rings (SSSR count). The van der Waals surface area contributed by atoms with Gasteiger partial charge in [0.05, 0.1) is 5.02 Å². The molecule has 6 heteroatoms. The average Bonchev–Trinajstić information content (AvgIpc) is 2.65. The van der Waals surface area contributed by atoms with Crippen molar-refractivity contribution in [2.24, 2.45) is 0 Å². The molecule has 0 spiro atoms. The lowest BCUT2D eigenvalue weighted by molar-refractivity contribution is 0.0734. The molecular weight excluding hydrogens is 276 g/mol. The Labute approximate surface area is 123 Å². The Morgan fingerprint density at radius 2 is 2.10 bits per heavy atom. The number of halogens is 1. The van der Waals surface area contributed by atoms with Crippen LogP contribution in [-0.2, 0) is 0 Å². The zero-order valence-electron chi connectivity index (χ0n) is 11.6. The van der Waals surface area contributed by atoms with E-state index in [9.17, 15) is 4.79 Å². The number of anilines is 1. The predicted molar refractivity (Wildman–Crippen MR) is 78.8 cm³/mol. The van der Waals surface area contributed by atoms with Gasteiger partial charge in [0, 0.05) is 25.2 Å². The standard InChI is InChI=1S/C14H19ClN4O/c1-18-9-2-3-10(18)8-19(7-6-9)14(20)13-11(15)4-5-12(16)17-13/h4-5,9-10H,2-3,6-8H2,1H3,(H2,16,17). The Bertz CT molecular complexity index is 536. The first-order valence-electron chi connectivity index (χ1n) is 6.99. The summed E-state index contributed by atoms with van der Waals surface area (Å²) in [6.07, 6.45) is 3.40. The predicted octanol–water partition coefficient (Wildman–Crippen LogP) is 1.63. The van der Waals surface area contributed by atoms with Crippen LogP contribution in [0.2, 0.25) is 5.02 Å². The van der Waals surface area contributed by atoms with Crippen molar-refractivity contribution < 1.29 is 4.79 Å². The number of carbonyl (C=O) groups is 1. The van der Waals surface area contributed by atoms with Crippen molar-refractivity contribution in [3.05, 3.63) is 22.8 Å². The van der Waals surface area contributed by atoms with Gasteiger partial charge >= 0.3 is 0 Å². The van der Waals surface area contributed by atoms with Gasteiger partial charge in [-0.2, -0.15) is 0 Å². The van der Waals surface area contributed by atoms with Crippen LogP contribution in [0.4, 0.5) is 5.82 Å². The lowest BCUT2D eigenvalue weighted by Gasteiger charge is -2.25. The number of pyridine rings is 1. The Kier molecular flexibility index (Phi) is 3.56. The van der Waals surface area contributed by atoms with Crippen molar-refractivity contribution >= 4 is 23.3 Å². The van der Waals surface area contributed by atoms with E-state index in [1.54, 1.807) is 12.1 Å². The van der Waals surface area contributed by atoms with E-state index in [0.717, 1.165) is 25.9 Å². The van der Waals surface area contributed by atoms with Crippen LogP contribution in [0.3, 0.4) is 0 Å². The maximum Gasteiger partial charge on any atom is 0.274 e. The molecule has 2 atom stereocenters. The molecular formula is C14H19ClN4O. The van der Waals surface area contributed by atoms with Gasteiger partial charge in [0.25, 0.3) is 5.91 Å². The van der Waals surface area contributed by atoms with Crippen LogP contribution in [-0.4, -0.2) is 52.9 Å². The number of nitrogen functional groups attached to an aromatic ring is 1. The molecule has 0 radical (unpaired) electrons. The van der Waals surface area contributed by atoms with Gasteiger partial charge in [0.1, 0.15) is 11.5 Å². The van der Waals surface area contributed by atoms with E-state index in [-0.39, 0.29) is 11.6 Å². The second-order valence-electron chi connectivity index (χ2n) is 5.66. The van der Waals surface area contributed by atoms with Crippen LogP contribution in [0.5, 0.6) is 0 Å². The number of amides is 1. The number of nitrogens with two attached hydrogens (primary N) is 1. The van der Waals surface area contributed by atoms with Crippen LogP contribution in [0.1, 0.15) is 29.8 Å². The van der Waals surface area contributed by atoms with E-state index in [1.165, 1.54) is 6.42 Å². The van der Waals surface area contributed by atoms with Gasteiger partial charge in [0.15, 0.2) is 0 Å². The number of fused-ring (bicyclic) bond motifs is 2. The van der Waals surface area contributed by atoms with Gasteiger partial charge in [-0.1, -0.05) is 11.6 Å². The third-order valence-electron chi connectivity index (χ3n) is 4.51. The highest BCUT2D eigenvalue weighted by molar-refractivity contribution is 6.33. The first-order chi connectivity index (χ1) is 9.56. The largest absolute Gasteiger partial charge is 0.384 e. The van der Waals surface area contributed by atoms with Crippen molar-refractivity contribution in [3.63, 3.8) is 0 Å². The highest BCUT2D eigenvalue weighted by Gasteiger charge is 2.36. The van der Waals surface area contributed by atoms with E-state index >= 15 is 0 Å². The fraction of sp³-hybridized carbons (Fsp3) is 0.571. The molecule has 2 aliphatic heterocycles. The minimum atomic E-state index is -0.108. The molecule has 20 heavy (non-hydrogen) atoms. The Balaban J connectivity index is 1.82. The third kappa shape index (κ3) is 2.36. The van der Waals surface area contributed by atoms with Crippen LogP contribution >= 0.6 is 11.6 Å². The van der Waals surface area contributed by atoms with Gasteiger partial charge in [-0.05, 0) is 38.4 Å². The summed E-state index contributed by atoms with van der Waals surface area (Å²) in [6.45, 7) is 1.51. The number of aromatic nitrogens is 1. The summed E-state index contributed by atoms with van der Waals surface area (Å²) in [5, 5.41) is 0.368. The number of hydrogen-bond acceptors (Lipinski definition) is 4. The first kappa shape index (κ1) is 13.6. The fourth-order valence-electron chi connectivity index (χ4n) is 3.25. The van der Waals surface area contributed by atoms with Gasteiger partial charge in [-0.15, -0.1) is 0 Å². The molecule has 0 aliphatic carbocycles. The highest BCUT2D eigenvalue weighted by atomic mass is 35.5. The molecule has 2 aliphatic rings. The fourth-order valence-corrected chi connectivity index (χ4v) is 3.44. The van der Waals surface area contributed by atoms with E-state index in [2.05, 4.69) is 16.9 Å². The molecule has 2 fully saturated rings. The molecule has 108 valence electrons. The minimum absolute atomic E-state index is 0.108. The molecule has 2 unspecified atom stereocenters. The molecule has 2 bridgehead atoms. The molecule has 5 nitrogen and oxygen atoms in total. The zero-order chi connectivity index (χ0) is 14.3. The smallest absolute Gasteiger partial charge is 0.274 e. The number of nitrogens with zero attached hydrogens (tertiary/aromatic N) is 3. The van der Waals surface area contributed by atoms with Crippen molar-refractivity contribution in [1.82, 2.24) is 14.8 Å². The molecule has 1 aromatic rings. The second kappa shape index (κ2) is 5.22. The third-order valence-corrected chi connectivity index (χ3v) is 4.81. The van der Waals surface area contributed by atoms with Gasteiger partial charge in [-0.25, -0.2) is 4.98 Å². The van der Waals surface area contributed by atoms with E-state index < -0.39 is 0 Å². The van der Waals surface area contributed by atoms with Gasteiger partial charge in [-0.3, -0.25) is 9.69 Å². The monoisotopic (exact) mass is 294 g/mol. The van der Waals surface area contributed by atoms with E-state index in [1.807, 2.05) is 4.90 Å². The van der Waals surface area contributed by atoms with E-state index in [4.69, 9.17) is 17.3 Å². The molecule has 3 heterocycles. The molecule has 2 N–H and O–H groups in total. The number of likely N-dealkylation sites (N-methyl/N-ethyl adjacent to an activating group) is 1. The lowest BCUT2D eigenvalue weighted by Crippen LogP contribution is -2.40. The quantitative estimate of drug-likeness (QED) is 0.855. The number of carbonyl (C=O) groups excluding carboxylic acids is 1. The number of hydrogen-bond donors (Lipinski definition) is 1. The minimum Gasteiger partial charge on any atom is -0.384 e. The molecule has 0 saturated carbocycles. The normalized spacial score (nSPS) is 26.6. The van der Waals surface area contributed by atoms with Crippen LogP contribution in [0, 0.1) is 0 Å². The molecule has 1 aromatic heterocycles. The van der Waals surface area contributed by atoms with Gasteiger partial charge in [0.2, 0.25) is 0 Å². The van der Waals surface area contributed by atoms with Crippen molar-refractivity contribution in [2.75, 3.05) is 25.9 Å². The summed E-state index contributed by atoms with van der Waals surface area (Å²) in [7, 11) is 2.15. The molecule has 0 aromatic carbocycles. The van der Waals surface area contributed by atoms with Crippen LogP contribution < -0.4 is 5.73 Å². The second-order valence-corrected chi connectivity index (χ2v) is 6.06. The summed E-state index contributed by atoms with van der Waals surface area (Å²) in [4.78, 5) is 21.0.